The summed E-state index contributed by atoms with van der Waals surface area (Å²) in [5, 5.41) is 0. The zero-order valence-electron chi connectivity index (χ0n) is 23.6. The molecule has 0 spiro atoms. The number of rotatable bonds is 3. The van der Waals surface area contributed by atoms with E-state index in [1.54, 1.807) is 7.11 Å². The van der Waals surface area contributed by atoms with Gasteiger partial charge in [0.2, 0.25) is 5.88 Å². The van der Waals surface area contributed by atoms with E-state index in [-0.39, 0.29) is 5.91 Å². The average molecular weight is 528 g/mol. The SMILES string of the molecule is COc1nc2c(cc1C(=O)N1CCCC(c3ccccc3)CCN(C)Cc3cc(C)ccc3OCC1)CCC2. The average Bonchev–Trinajstić information content (AvgIpc) is 3.41. The van der Waals surface area contributed by atoms with Gasteiger partial charge in [-0.25, -0.2) is 4.98 Å². The molecule has 1 aromatic heterocycles. The fourth-order valence-corrected chi connectivity index (χ4v) is 5.96. The molecule has 0 radical (unpaired) electrons. The van der Waals surface area contributed by atoms with Crippen LogP contribution < -0.4 is 9.47 Å². The van der Waals surface area contributed by atoms with Crippen LogP contribution in [0.1, 0.15) is 69.9 Å². The summed E-state index contributed by atoms with van der Waals surface area (Å²) in [6, 6.07) is 19.2. The van der Waals surface area contributed by atoms with Gasteiger partial charge in [0.25, 0.3) is 5.91 Å². The number of carbonyl (C=O) groups is 1. The standard InChI is InChI=1S/C33H41N3O3/c1-24-14-15-31-28(21-24)23-35(2)18-16-26(25-9-5-4-6-10-25)12-8-17-36(19-20-39-31)33(37)29-22-27-11-7-13-30(27)34-32(29)38-3/h4-6,9-10,14-15,21-22,26H,7-8,11-13,16-20,23H2,1-3H3. The van der Waals surface area contributed by atoms with Gasteiger partial charge in [0.15, 0.2) is 0 Å². The van der Waals surface area contributed by atoms with E-state index in [1.165, 1.54) is 22.3 Å². The van der Waals surface area contributed by atoms with Crippen LogP contribution in [0.2, 0.25) is 0 Å². The molecule has 1 aliphatic heterocycles. The second kappa shape index (κ2) is 12.6. The number of hydrogen-bond donors (Lipinski definition) is 0. The lowest BCUT2D eigenvalue weighted by Gasteiger charge is -2.27. The molecule has 6 heteroatoms. The summed E-state index contributed by atoms with van der Waals surface area (Å²) < 4.78 is 11.9. The summed E-state index contributed by atoms with van der Waals surface area (Å²) in [4.78, 5) is 23.0. The lowest BCUT2D eigenvalue weighted by atomic mass is 9.90. The Morgan fingerprint density at radius 1 is 0.974 bits per heavy atom. The predicted octanol–water partition coefficient (Wildman–Crippen LogP) is 5.81. The van der Waals surface area contributed by atoms with Crippen molar-refractivity contribution in [3.05, 3.63) is 88.1 Å². The van der Waals surface area contributed by atoms with Crippen LogP contribution in [-0.4, -0.2) is 61.1 Å². The van der Waals surface area contributed by atoms with E-state index in [0.29, 0.717) is 37.1 Å². The predicted molar refractivity (Wildman–Crippen MR) is 155 cm³/mol. The molecular weight excluding hydrogens is 486 g/mol. The van der Waals surface area contributed by atoms with Gasteiger partial charge in [0.1, 0.15) is 17.9 Å². The maximum absolute atomic E-state index is 13.9. The lowest BCUT2D eigenvalue weighted by molar-refractivity contribution is 0.0720. The molecule has 1 amide bonds. The van der Waals surface area contributed by atoms with E-state index in [0.717, 1.165) is 63.1 Å². The fourth-order valence-electron chi connectivity index (χ4n) is 5.96. The molecule has 0 saturated heterocycles. The van der Waals surface area contributed by atoms with E-state index in [4.69, 9.17) is 14.5 Å². The van der Waals surface area contributed by atoms with E-state index >= 15 is 0 Å². The number of benzene rings is 2. The number of methoxy groups -OCH3 is 1. The molecule has 0 N–H and O–H groups in total. The molecule has 39 heavy (non-hydrogen) atoms. The molecule has 5 rings (SSSR count). The van der Waals surface area contributed by atoms with E-state index in [9.17, 15) is 4.79 Å². The highest BCUT2D eigenvalue weighted by Gasteiger charge is 2.25. The van der Waals surface area contributed by atoms with Gasteiger partial charge in [-0.3, -0.25) is 4.79 Å². The molecule has 0 bridgehead atoms. The maximum atomic E-state index is 13.9. The summed E-state index contributed by atoms with van der Waals surface area (Å²) in [7, 11) is 3.80. The van der Waals surface area contributed by atoms with Crippen molar-refractivity contribution in [2.75, 3.05) is 40.4 Å². The molecule has 2 aliphatic rings. The van der Waals surface area contributed by atoms with E-state index in [1.807, 2.05) is 11.0 Å². The Kier molecular flexibility index (Phi) is 8.82. The Balaban J connectivity index is 1.42. The van der Waals surface area contributed by atoms with Crippen molar-refractivity contribution in [3.63, 3.8) is 0 Å². The number of nitrogens with zero attached hydrogens (tertiary/aromatic N) is 3. The monoisotopic (exact) mass is 527 g/mol. The summed E-state index contributed by atoms with van der Waals surface area (Å²) in [6.45, 7) is 5.57. The van der Waals surface area contributed by atoms with Gasteiger partial charge in [0, 0.05) is 24.3 Å². The normalized spacial score (nSPS) is 18.9. The first-order valence-corrected chi connectivity index (χ1v) is 14.3. The first-order valence-electron chi connectivity index (χ1n) is 14.3. The third-order valence-corrected chi connectivity index (χ3v) is 8.11. The zero-order valence-corrected chi connectivity index (χ0v) is 23.6. The minimum absolute atomic E-state index is 0.0233. The van der Waals surface area contributed by atoms with Crippen molar-refractivity contribution in [1.29, 1.82) is 0 Å². The molecule has 1 unspecified atom stereocenters. The number of carbonyl (C=O) groups excluding carboxylic acids is 1. The number of hydrogen-bond acceptors (Lipinski definition) is 5. The second-order valence-electron chi connectivity index (χ2n) is 11.0. The maximum Gasteiger partial charge on any atom is 0.259 e. The zero-order chi connectivity index (χ0) is 27.2. The third kappa shape index (κ3) is 6.62. The number of amides is 1. The van der Waals surface area contributed by atoms with Crippen LogP contribution >= 0.6 is 0 Å². The Morgan fingerprint density at radius 2 is 1.82 bits per heavy atom. The van der Waals surface area contributed by atoms with Crippen LogP contribution in [0, 0.1) is 6.92 Å². The second-order valence-corrected chi connectivity index (χ2v) is 11.0. The smallest absolute Gasteiger partial charge is 0.259 e. The van der Waals surface area contributed by atoms with Gasteiger partial charge in [0.05, 0.1) is 13.7 Å². The van der Waals surface area contributed by atoms with Crippen LogP contribution in [0.3, 0.4) is 0 Å². The molecule has 0 fully saturated rings. The van der Waals surface area contributed by atoms with Crippen LogP contribution in [0.15, 0.2) is 54.6 Å². The highest BCUT2D eigenvalue weighted by atomic mass is 16.5. The van der Waals surface area contributed by atoms with Crippen LogP contribution in [-0.2, 0) is 19.4 Å². The quantitative estimate of drug-likeness (QED) is 0.430. The van der Waals surface area contributed by atoms with E-state index in [2.05, 4.69) is 67.4 Å². The van der Waals surface area contributed by atoms with Crippen LogP contribution in [0.5, 0.6) is 11.6 Å². The minimum atomic E-state index is -0.0233. The fraction of sp³-hybridized carbons (Fsp3) is 0.455. The van der Waals surface area contributed by atoms with Crippen molar-refractivity contribution < 1.29 is 14.3 Å². The minimum Gasteiger partial charge on any atom is -0.491 e. The van der Waals surface area contributed by atoms with Gasteiger partial charge in [-0.1, -0.05) is 48.0 Å². The van der Waals surface area contributed by atoms with Gasteiger partial charge in [-0.2, -0.15) is 0 Å². The van der Waals surface area contributed by atoms with Gasteiger partial charge >= 0.3 is 0 Å². The van der Waals surface area contributed by atoms with Gasteiger partial charge in [-0.15, -0.1) is 0 Å². The molecule has 1 atom stereocenters. The van der Waals surface area contributed by atoms with Crippen molar-refractivity contribution in [1.82, 2.24) is 14.8 Å². The summed E-state index contributed by atoms with van der Waals surface area (Å²) in [5.41, 5.74) is 6.59. The number of aromatic nitrogens is 1. The Bertz CT molecular complexity index is 1280. The van der Waals surface area contributed by atoms with Crippen molar-refractivity contribution in [3.8, 4) is 11.6 Å². The number of pyridine rings is 1. The Labute approximate surface area is 233 Å². The number of fused-ring (bicyclic) bond motifs is 2. The molecule has 2 heterocycles. The topological polar surface area (TPSA) is 54.9 Å². The molecule has 6 nitrogen and oxygen atoms in total. The first-order chi connectivity index (χ1) is 19.0. The van der Waals surface area contributed by atoms with Crippen LogP contribution in [0.25, 0.3) is 0 Å². The lowest BCUT2D eigenvalue weighted by Crippen LogP contribution is -2.36. The molecule has 0 saturated carbocycles. The molecule has 206 valence electrons. The largest absolute Gasteiger partial charge is 0.491 e. The van der Waals surface area contributed by atoms with Crippen LogP contribution in [0.4, 0.5) is 0 Å². The molecule has 1 aliphatic carbocycles. The van der Waals surface area contributed by atoms with E-state index < -0.39 is 0 Å². The number of aryl methyl sites for hydroxylation is 3. The third-order valence-electron chi connectivity index (χ3n) is 8.11. The van der Waals surface area contributed by atoms with Crippen molar-refractivity contribution >= 4 is 5.91 Å². The highest BCUT2D eigenvalue weighted by molar-refractivity contribution is 5.96. The van der Waals surface area contributed by atoms with Crippen molar-refractivity contribution in [2.24, 2.45) is 0 Å². The summed E-state index contributed by atoms with van der Waals surface area (Å²) in [6.07, 6.45) is 6.02. The van der Waals surface area contributed by atoms with Crippen molar-refractivity contribution in [2.45, 2.75) is 57.9 Å². The highest BCUT2D eigenvalue weighted by Crippen LogP contribution is 2.30. The van der Waals surface area contributed by atoms with Gasteiger partial charge in [-0.05, 0) is 88.2 Å². The molecule has 2 aromatic carbocycles. The molecular formula is C33H41N3O3. The first kappa shape index (κ1) is 27.2. The van der Waals surface area contributed by atoms with Gasteiger partial charge < -0.3 is 19.3 Å². The summed E-state index contributed by atoms with van der Waals surface area (Å²) in [5.74, 6) is 1.75. The Morgan fingerprint density at radius 3 is 2.64 bits per heavy atom. The Hall–Kier alpha value is -3.38. The summed E-state index contributed by atoms with van der Waals surface area (Å²) >= 11 is 0. The number of ether oxygens (including phenoxy) is 2. The molecule has 3 aromatic rings.